The minimum atomic E-state index is -0.819. The summed E-state index contributed by atoms with van der Waals surface area (Å²) < 4.78 is 0. The summed E-state index contributed by atoms with van der Waals surface area (Å²) in [5.41, 5.74) is 0. The van der Waals surface area contributed by atoms with Gasteiger partial charge in [-0.25, -0.2) is 0 Å². The summed E-state index contributed by atoms with van der Waals surface area (Å²) in [7, 11) is 0. The maximum absolute atomic E-state index is 11.4. The Morgan fingerprint density at radius 2 is 2.33 bits per heavy atom. The van der Waals surface area contributed by atoms with E-state index in [-0.39, 0.29) is 5.91 Å². The summed E-state index contributed by atoms with van der Waals surface area (Å²) in [6.07, 6.45) is 0.847. The first-order valence-electron chi connectivity index (χ1n) is 5.69. The van der Waals surface area contributed by atoms with Crippen LogP contribution in [0.3, 0.4) is 0 Å². The van der Waals surface area contributed by atoms with Crippen LogP contribution in [0.5, 0.6) is 0 Å². The van der Waals surface area contributed by atoms with Crippen molar-refractivity contribution in [2.75, 3.05) is 18.1 Å². The third-order valence-electron chi connectivity index (χ3n) is 2.30. The molecule has 1 amide bonds. The highest BCUT2D eigenvalue weighted by molar-refractivity contribution is 7.99. The van der Waals surface area contributed by atoms with Crippen molar-refractivity contribution in [3.05, 3.63) is 22.4 Å². The number of thiophene rings is 1. The maximum Gasteiger partial charge on any atom is 0.307 e. The minimum Gasteiger partial charge on any atom is -0.481 e. The molecular formula is C12H17NO3S2. The van der Waals surface area contributed by atoms with E-state index in [1.807, 2.05) is 17.5 Å². The Morgan fingerprint density at radius 3 is 2.94 bits per heavy atom. The van der Waals surface area contributed by atoms with Crippen LogP contribution in [0.2, 0.25) is 0 Å². The predicted octanol–water partition coefficient (Wildman–Crippen LogP) is 1.86. The van der Waals surface area contributed by atoms with Gasteiger partial charge in [-0.2, -0.15) is 11.8 Å². The first-order valence-corrected chi connectivity index (χ1v) is 7.72. The fourth-order valence-corrected chi connectivity index (χ4v) is 2.84. The van der Waals surface area contributed by atoms with Gasteiger partial charge < -0.3 is 10.4 Å². The Hall–Kier alpha value is -1.01. The average Bonchev–Trinajstić information content (AvgIpc) is 2.81. The van der Waals surface area contributed by atoms with Crippen LogP contribution in [0.1, 0.15) is 11.8 Å². The van der Waals surface area contributed by atoms with Crippen LogP contribution in [0, 0.1) is 5.92 Å². The monoisotopic (exact) mass is 287 g/mol. The molecule has 1 heterocycles. The molecule has 0 spiro atoms. The fraction of sp³-hybridized carbons (Fsp3) is 0.500. The van der Waals surface area contributed by atoms with Gasteiger partial charge in [0.1, 0.15) is 0 Å². The zero-order valence-electron chi connectivity index (χ0n) is 10.2. The number of nitrogens with one attached hydrogen (secondary N) is 1. The third-order valence-corrected chi connectivity index (χ3v) is 4.43. The van der Waals surface area contributed by atoms with Gasteiger partial charge in [0.2, 0.25) is 5.91 Å². The number of carboxylic acid groups (broad SMARTS) is 1. The lowest BCUT2D eigenvalue weighted by atomic mass is 10.2. The van der Waals surface area contributed by atoms with Crippen LogP contribution < -0.4 is 5.32 Å². The van der Waals surface area contributed by atoms with Crippen molar-refractivity contribution in [1.29, 1.82) is 0 Å². The number of carboxylic acids is 1. The Labute approximate surface area is 115 Å². The van der Waals surface area contributed by atoms with Crippen molar-refractivity contribution in [1.82, 2.24) is 5.32 Å². The molecule has 1 aromatic rings. The molecule has 0 radical (unpaired) electrons. The highest BCUT2D eigenvalue weighted by Crippen LogP contribution is 2.09. The smallest absolute Gasteiger partial charge is 0.307 e. The zero-order valence-corrected chi connectivity index (χ0v) is 11.9. The van der Waals surface area contributed by atoms with E-state index >= 15 is 0 Å². The summed E-state index contributed by atoms with van der Waals surface area (Å²) in [5.74, 6) is -0.473. The van der Waals surface area contributed by atoms with Gasteiger partial charge >= 0.3 is 5.97 Å². The maximum atomic E-state index is 11.4. The van der Waals surface area contributed by atoms with Crippen LogP contribution in [0.25, 0.3) is 0 Å². The molecule has 4 nitrogen and oxygen atoms in total. The summed E-state index contributed by atoms with van der Waals surface area (Å²) in [6.45, 7) is 2.28. The molecule has 0 aliphatic heterocycles. The first-order chi connectivity index (χ1) is 8.59. The Balaban J connectivity index is 2.05. The van der Waals surface area contributed by atoms with E-state index in [1.54, 1.807) is 18.3 Å². The number of carbonyl (C=O) groups excluding carboxylic acids is 1. The van der Waals surface area contributed by atoms with Crippen molar-refractivity contribution in [3.63, 3.8) is 0 Å². The molecule has 0 aliphatic carbocycles. The number of amides is 1. The molecule has 1 aromatic heterocycles. The Morgan fingerprint density at radius 1 is 1.56 bits per heavy atom. The van der Waals surface area contributed by atoms with Crippen LogP contribution in [0.4, 0.5) is 0 Å². The molecule has 0 aliphatic rings. The van der Waals surface area contributed by atoms with Gasteiger partial charge in [0, 0.05) is 17.2 Å². The number of hydrogen-bond donors (Lipinski definition) is 2. The normalized spacial score (nSPS) is 12.1. The lowest BCUT2D eigenvalue weighted by Gasteiger charge is -2.06. The van der Waals surface area contributed by atoms with Gasteiger partial charge in [-0.05, 0) is 17.9 Å². The predicted molar refractivity (Wildman–Crippen MR) is 75.2 cm³/mol. The molecular weight excluding hydrogens is 270 g/mol. The lowest BCUT2D eigenvalue weighted by molar-refractivity contribution is -0.140. The molecule has 1 rings (SSSR count). The zero-order chi connectivity index (χ0) is 13.4. The van der Waals surface area contributed by atoms with Crippen molar-refractivity contribution < 1.29 is 14.7 Å². The third kappa shape index (κ3) is 6.07. The molecule has 100 valence electrons. The van der Waals surface area contributed by atoms with Gasteiger partial charge in [0.05, 0.1) is 11.7 Å². The van der Waals surface area contributed by atoms with E-state index in [0.717, 1.165) is 6.42 Å². The summed E-state index contributed by atoms with van der Waals surface area (Å²) in [6, 6.07) is 4.03. The van der Waals surface area contributed by atoms with E-state index in [2.05, 4.69) is 5.32 Å². The quantitative estimate of drug-likeness (QED) is 0.766. The van der Waals surface area contributed by atoms with E-state index in [0.29, 0.717) is 18.1 Å². The number of thioether (sulfide) groups is 1. The highest BCUT2D eigenvalue weighted by Gasteiger charge is 2.11. The van der Waals surface area contributed by atoms with Crippen LogP contribution in [-0.4, -0.2) is 35.0 Å². The molecule has 6 heteroatoms. The molecule has 1 atom stereocenters. The summed E-state index contributed by atoms with van der Waals surface area (Å²) in [5, 5.41) is 13.5. The Kier molecular flexibility index (Phi) is 6.82. The van der Waals surface area contributed by atoms with Crippen LogP contribution >= 0.6 is 23.1 Å². The second-order valence-electron chi connectivity index (χ2n) is 3.93. The van der Waals surface area contributed by atoms with Gasteiger partial charge in [0.25, 0.3) is 0 Å². The average molecular weight is 287 g/mol. The number of hydrogen-bond acceptors (Lipinski definition) is 4. The second kappa shape index (κ2) is 8.16. The molecule has 1 unspecified atom stereocenters. The SMILES string of the molecule is CC(CSCC(=O)NCCc1cccs1)C(=O)O. The summed E-state index contributed by atoms with van der Waals surface area (Å²) in [4.78, 5) is 23.3. The first kappa shape index (κ1) is 15.0. The topological polar surface area (TPSA) is 66.4 Å². The number of rotatable bonds is 8. The fourth-order valence-electron chi connectivity index (χ4n) is 1.23. The van der Waals surface area contributed by atoms with Crippen LogP contribution in [-0.2, 0) is 16.0 Å². The van der Waals surface area contributed by atoms with Crippen LogP contribution in [0.15, 0.2) is 17.5 Å². The van der Waals surface area contributed by atoms with Crippen molar-refractivity contribution in [2.45, 2.75) is 13.3 Å². The lowest BCUT2D eigenvalue weighted by Crippen LogP contribution is -2.27. The van der Waals surface area contributed by atoms with Gasteiger partial charge in [-0.1, -0.05) is 13.0 Å². The summed E-state index contributed by atoms with van der Waals surface area (Å²) >= 11 is 3.03. The van der Waals surface area contributed by atoms with Crippen molar-refractivity contribution >= 4 is 35.0 Å². The molecule has 18 heavy (non-hydrogen) atoms. The molecule has 0 bridgehead atoms. The van der Waals surface area contributed by atoms with Gasteiger partial charge in [0.15, 0.2) is 0 Å². The second-order valence-corrected chi connectivity index (χ2v) is 6.00. The van der Waals surface area contributed by atoms with Crippen molar-refractivity contribution in [3.8, 4) is 0 Å². The number of carbonyl (C=O) groups is 2. The number of aliphatic carboxylic acids is 1. The standard InChI is InChI=1S/C12H17NO3S2/c1-9(12(15)16)7-17-8-11(14)13-5-4-10-3-2-6-18-10/h2-3,6,9H,4-5,7-8H2,1H3,(H,13,14)(H,15,16). The molecule has 0 saturated carbocycles. The molecule has 0 aromatic carbocycles. The molecule has 0 saturated heterocycles. The van der Waals surface area contributed by atoms with Crippen molar-refractivity contribution in [2.24, 2.45) is 5.92 Å². The van der Waals surface area contributed by atoms with Gasteiger partial charge in [-0.15, -0.1) is 11.3 Å². The van der Waals surface area contributed by atoms with E-state index in [1.165, 1.54) is 16.6 Å². The molecule has 2 N–H and O–H groups in total. The highest BCUT2D eigenvalue weighted by atomic mass is 32.2. The largest absolute Gasteiger partial charge is 0.481 e. The minimum absolute atomic E-state index is 0.0332. The van der Waals surface area contributed by atoms with E-state index in [4.69, 9.17) is 5.11 Å². The van der Waals surface area contributed by atoms with E-state index < -0.39 is 11.9 Å². The van der Waals surface area contributed by atoms with E-state index in [9.17, 15) is 9.59 Å². The Bertz CT molecular complexity index is 379. The van der Waals surface area contributed by atoms with Gasteiger partial charge in [-0.3, -0.25) is 9.59 Å². The molecule has 0 fully saturated rings.